The van der Waals surface area contributed by atoms with Gasteiger partial charge in [-0.3, -0.25) is 0 Å². The fraction of sp³-hybridized carbons (Fsp3) is 0.200. The highest BCUT2D eigenvalue weighted by Gasteiger charge is 1.93. The molecule has 0 aromatic heterocycles. The predicted octanol–water partition coefficient (Wildman–Crippen LogP) is 3.38. The number of benzene rings is 2. The summed E-state index contributed by atoms with van der Waals surface area (Å²) in [5, 5.41) is 6.52. The topological polar surface area (TPSA) is 24.1 Å². The van der Waals surface area contributed by atoms with Gasteiger partial charge in [0.15, 0.2) is 0 Å². The first-order valence-corrected chi connectivity index (χ1v) is 5.94. The quantitative estimate of drug-likeness (QED) is 0.816. The van der Waals surface area contributed by atoms with Crippen molar-refractivity contribution in [3.8, 4) is 0 Å². The Hall–Kier alpha value is -1.96. The zero-order chi connectivity index (χ0) is 11.9. The molecule has 0 aliphatic heterocycles. The third-order valence-corrected chi connectivity index (χ3v) is 2.76. The fourth-order valence-corrected chi connectivity index (χ4v) is 1.75. The zero-order valence-corrected chi connectivity index (χ0v) is 10.1. The molecule has 0 saturated carbocycles. The van der Waals surface area contributed by atoms with Crippen molar-refractivity contribution in [3.05, 3.63) is 60.2 Å². The van der Waals surface area contributed by atoms with Crippen molar-refractivity contribution >= 4 is 11.4 Å². The van der Waals surface area contributed by atoms with Crippen molar-refractivity contribution in [1.29, 1.82) is 0 Å². The van der Waals surface area contributed by atoms with Gasteiger partial charge in [0, 0.05) is 25.0 Å². The summed E-state index contributed by atoms with van der Waals surface area (Å²) in [6.07, 6.45) is 1.05. The van der Waals surface area contributed by atoms with Crippen molar-refractivity contribution in [1.82, 2.24) is 0 Å². The maximum Gasteiger partial charge on any atom is 0.0341 e. The SMILES string of the molecule is CNc1ccc(NCCc2ccccc2)cc1. The molecule has 2 heteroatoms. The second-order valence-electron chi connectivity index (χ2n) is 3.99. The van der Waals surface area contributed by atoms with Gasteiger partial charge in [-0.15, -0.1) is 0 Å². The van der Waals surface area contributed by atoms with Crippen LogP contribution in [-0.4, -0.2) is 13.6 Å². The van der Waals surface area contributed by atoms with Gasteiger partial charge < -0.3 is 10.6 Å². The number of rotatable bonds is 5. The molecule has 0 heterocycles. The fourth-order valence-electron chi connectivity index (χ4n) is 1.75. The Balaban J connectivity index is 1.82. The van der Waals surface area contributed by atoms with Crippen LogP contribution in [0.1, 0.15) is 5.56 Å². The number of nitrogens with one attached hydrogen (secondary N) is 2. The highest BCUT2D eigenvalue weighted by molar-refractivity contribution is 5.53. The van der Waals surface area contributed by atoms with Gasteiger partial charge in [-0.2, -0.15) is 0 Å². The van der Waals surface area contributed by atoms with Crippen LogP contribution in [0.4, 0.5) is 11.4 Å². The molecule has 2 aromatic carbocycles. The van der Waals surface area contributed by atoms with E-state index in [0.29, 0.717) is 0 Å². The van der Waals surface area contributed by atoms with Crippen molar-refractivity contribution in [2.45, 2.75) is 6.42 Å². The molecule has 0 aliphatic carbocycles. The van der Waals surface area contributed by atoms with E-state index in [4.69, 9.17) is 0 Å². The minimum Gasteiger partial charge on any atom is -0.388 e. The Labute approximate surface area is 103 Å². The summed E-state index contributed by atoms with van der Waals surface area (Å²) in [5.41, 5.74) is 3.67. The smallest absolute Gasteiger partial charge is 0.0341 e. The third-order valence-electron chi connectivity index (χ3n) is 2.76. The van der Waals surface area contributed by atoms with Crippen molar-refractivity contribution < 1.29 is 0 Å². The van der Waals surface area contributed by atoms with E-state index in [1.165, 1.54) is 11.3 Å². The maximum absolute atomic E-state index is 3.42. The van der Waals surface area contributed by atoms with E-state index in [-0.39, 0.29) is 0 Å². The lowest BCUT2D eigenvalue weighted by molar-refractivity contribution is 1.02. The highest BCUT2D eigenvalue weighted by atomic mass is 14.9. The van der Waals surface area contributed by atoms with E-state index in [0.717, 1.165) is 18.7 Å². The molecule has 0 aliphatic rings. The van der Waals surface area contributed by atoms with Gasteiger partial charge in [0.2, 0.25) is 0 Å². The second kappa shape index (κ2) is 5.94. The Morgan fingerprint density at radius 2 is 1.47 bits per heavy atom. The van der Waals surface area contributed by atoms with E-state index in [1.807, 2.05) is 13.1 Å². The van der Waals surface area contributed by atoms with Crippen LogP contribution in [-0.2, 0) is 6.42 Å². The lowest BCUT2D eigenvalue weighted by atomic mass is 10.1. The summed E-state index contributed by atoms with van der Waals surface area (Å²) in [5.74, 6) is 0. The van der Waals surface area contributed by atoms with Crippen LogP contribution in [0.3, 0.4) is 0 Å². The molecule has 0 fully saturated rings. The highest BCUT2D eigenvalue weighted by Crippen LogP contribution is 2.12. The Morgan fingerprint density at radius 3 is 2.12 bits per heavy atom. The van der Waals surface area contributed by atoms with Gasteiger partial charge in [0.1, 0.15) is 0 Å². The molecule has 2 aromatic rings. The summed E-state index contributed by atoms with van der Waals surface area (Å²) in [6.45, 7) is 0.961. The molecule has 2 nitrogen and oxygen atoms in total. The minimum atomic E-state index is 0.961. The third kappa shape index (κ3) is 3.52. The Morgan fingerprint density at radius 1 is 0.824 bits per heavy atom. The molecular weight excluding hydrogens is 208 g/mol. The van der Waals surface area contributed by atoms with Crippen LogP contribution in [0, 0.1) is 0 Å². The van der Waals surface area contributed by atoms with Gasteiger partial charge in [0.25, 0.3) is 0 Å². The minimum absolute atomic E-state index is 0.961. The van der Waals surface area contributed by atoms with Crippen LogP contribution >= 0.6 is 0 Å². The molecule has 0 radical (unpaired) electrons. The molecule has 0 amide bonds. The van der Waals surface area contributed by atoms with Gasteiger partial charge >= 0.3 is 0 Å². The molecule has 0 spiro atoms. The lowest BCUT2D eigenvalue weighted by Gasteiger charge is -2.07. The molecule has 17 heavy (non-hydrogen) atoms. The van der Waals surface area contributed by atoms with Crippen LogP contribution in [0.25, 0.3) is 0 Å². The molecule has 2 N–H and O–H groups in total. The molecular formula is C15H18N2. The van der Waals surface area contributed by atoms with Gasteiger partial charge in [-0.1, -0.05) is 30.3 Å². The van der Waals surface area contributed by atoms with Crippen LogP contribution in [0.2, 0.25) is 0 Å². The average Bonchev–Trinajstić information content (AvgIpc) is 2.41. The molecule has 0 bridgehead atoms. The standard InChI is InChI=1S/C15H18N2/c1-16-14-7-9-15(10-8-14)17-12-11-13-5-3-2-4-6-13/h2-10,16-17H,11-12H2,1H3. The van der Waals surface area contributed by atoms with Crippen molar-refractivity contribution in [2.24, 2.45) is 0 Å². The number of anilines is 2. The Bertz CT molecular complexity index is 434. The summed E-state index contributed by atoms with van der Waals surface area (Å²) in [4.78, 5) is 0. The average molecular weight is 226 g/mol. The van der Waals surface area contributed by atoms with Crippen LogP contribution < -0.4 is 10.6 Å². The Kier molecular flexibility index (Phi) is 4.03. The largest absolute Gasteiger partial charge is 0.388 e. The molecule has 0 saturated heterocycles. The monoisotopic (exact) mass is 226 g/mol. The van der Waals surface area contributed by atoms with Gasteiger partial charge in [-0.25, -0.2) is 0 Å². The summed E-state index contributed by atoms with van der Waals surface area (Å²) in [7, 11) is 1.93. The maximum atomic E-state index is 3.42. The van der Waals surface area contributed by atoms with E-state index in [9.17, 15) is 0 Å². The summed E-state index contributed by atoms with van der Waals surface area (Å²) in [6, 6.07) is 18.9. The van der Waals surface area contributed by atoms with E-state index in [2.05, 4.69) is 59.2 Å². The first-order valence-electron chi connectivity index (χ1n) is 5.94. The normalized spacial score (nSPS) is 9.94. The van der Waals surface area contributed by atoms with Crippen LogP contribution in [0.15, 0.2) is 54.6 Å². The zero-order valence-electron chi connectivity index (χ0n) is 10.1. The predicted molar refractivity (Wildman–Crippen MR) is 74.6 cm³/mol. The lowest BCUT2D eigenvalue weighted by Crippen LogP contribution is -2.04. The summed E-state index contributed by atoms with van der Waals surface area (Å²) < 4.78 is 0. The van der Waals surface area contributed by atoms with Crippen molar-refractivity contribution in [3.63, 3.8) is 0 Å². The molecule has 0 unspecified atom stereocenters. The van der Waals surface area contributed by atoms with E-state index in [1.54, 1.807) is 0 Å². The molecule has 2 rings (SSSR count). The van der Waals surface area contributed by atoms with Crippen LogP contribution in [0.5, 0.6) is 0 Å². The molecule has 0 atom stereocenters. The first-order chi connectivity index (χ1) is 8.38. The second-order valence-corrected chi connectivity index (χ2v) is 3.99. The van der Waals surface area contributed by atoms with Gasteiger partial charge in [-0.05, 0) is 36.2 Å². The van der Waals surface area contributed by atoms with E-state index < -0.39 is 0 Å². The van der Waals surface area contributed by atoms with E-state index >= 15 is 0 Å². The number of hydrogen-bond donors (Lipinski definition) is 2. The van der Waals surface area contributed by atoms with Crippen molar-refractivity contribution in [2.75, 3.05) is 24.2 Å². The molecule has 88 valence electrons. The first kappa shape index (κ1) is 11.5. The number of hydrogen-bond acceptors (Lipinski definition) is 2. The summed E-state index contributed by atoms with van der Waals surface area (Å²) >= 11 is 0. The van der Waals surface area contributed by atoms with Gasteiger partial charge in [0.05, 0.1) is 0 Å².